The lowest BCUT2D eigenvalue weighted by Crippen LogP contribution is -2.48. The summed E-state index contributed by atoms with van der Waals surface area (Å²) in [5.74, 6) is -0.0597. The molecule has 0 aliphatic heterocycles. The summed E-state index contributed by atoms with van der Waals surface area (Å²) in [5, 5.41) is 9.40. The molecule has 0 spiro atoms. The lowest BCUT2D eigenvalue weighted by Gasteiger charge is -2.32. The minimum absolute atomic E-state index is 0.0211. The number of hydrogen-bond acceptors (Lipinski definition) is 4. The van der Waals surface area contributed by atoms with E-state index in [1.54, 1.807) is 24.5 Å². The van der Waals surface area contributed by atoms with Crippen molar-refractivity contribution >= 4 is 11.8 Å². The van der Waals surface area contributed by atoms with Gasteiger partial charge in [0.2, 0.25) is 5.91 Å². The molecular formula is C36H54N4O2. The Balaban J connectivity index is 2.09. The van der Waals surface area contributed by atoms with E-state index in [-0.39, 0.29) is 23.3 Å². The van der Waals surface area contributed by atoms with Gasteiger partial charge in [-0.05, 0) is 69.4 Å². The second-order valence-corrected chi connectivity index (χ2v) is 10.9. The normalized spacial score (nSPS) is 13.4. The minimum atomic E-state index is -0.128. The SMILES string of the molecule is CC/C=C\C/C=C\C/C=C\C/C=C\C/C=C\C/C=C\CCC(=O)NC(C)C(C)(C)CNCCNC(=O)c1cccnc1. The second-order valence-electron chi connectivity index (χ2n) is 10.9. The van der Waals surface area contributed by atoms with E-state index in [2.05, 4.69) is 115 Å². The quantitative estimate of drug-likeness (QED) is 0.0995. The van der Waals surface area contributed by atoms with Crippen LogP contribution in [-0.4, -0.2) is 42.5 Å². The summed E-state index contributed by atoms with van der Waals surface area (Å²) in [6.07, 6.45) is 36.5. The van der Waals surface area contributed by atoms with Crippen molar-refractivity contribution in [1.82, 2.24) is 20.9 Å². The average molecular weight is 575 g/mol. The zero-order valence-electron chi connectivity index (χ0n) is 26.4. The molecule has 0 fully saturated rings. The van der Waals surface area contributed by atoms with E-state index < -0.39 is 0 Å². The number of nitrogens with one attached hydrogen (secondary N) is 3. The third-order valence-corrected chi connectivity index (χ3v) is 6.78. The van der Waals surface area contributed by atoms with Crippen LogP contribution in [0.5, 0.6) is 0 Å². The van der Waals surface area contributed by atoms with Crippen LogP contribution >= 0.6 is 0 Å². The van der Waals surface area contributed by atoms with Gasteiger partial charge in [-0.15, -0.1) is 0 Å². The molecule has 2 amide bonds. The highest BCUT2D eigenvalue weighted by Crippen LogP contribution is 2.19. The fourth-order valence-electron chi connectivity index (χ4n) is 3.79. The van der Waals surface area contributed by atoms with Crippen LogP contribution in [0.4, 0.5) is 0 Å². The molecule has 42 heavy (non-hydrogen) atoms. The number of aromatic nitrogens is 1. The molecule has 1 atom stereocenters. The van der Waals surface area contributed by atoms with E-state index >= 15 is 0 Å². The maximum absolute atomic E-state index is 12.4. The number of rotatable bonds is 22. The Morgan fingerprint density at radius 1 is 0.833 bits per heavy atom. The van der Waals surface area contributed by atoms with Crippen LogP contribution in [0.1, 0.15) is 89.4 Å². The van der Waals surface area contributed by atoms with E-state index in [9.17, 15) is 9.59 Å². The van der Waals surface area contributed by atoms with Crippen molar-refractivity contribution in [2.45, 2.75) is 85.1 Å². The second kappa shape index (κ2) is 24.1. The van der Waals surface area contributed by atoms with Crippen LogP contribution in [0.3, 0.4) is 0 Å². The fourth-order valence-corrected chi connectivity index (χ4v) is 3.79. The standard InChI is InChI=1S/C36H54N4O2/c1-5-6-7-8-9-10-11-12-13-14-15-16-17-18-19-20-21-22-23-26-34(41)40-32(2)36(3,4)31-38-28-29-39-35(42)33-25-24-27-37-30-33/h6-7,9-10,12-13,15-16,18-19,21-22,24-25,27,30,32,38H,5,8,11,14,17,20,23,26,28-29,31H2,1-4H3,(H,39,42)(H,40,41)/b7-6-,10-9-,13-12-,16-15-,19-18-,22-21-. The number of amides is 2. The molecule has 230 valence electrons. The first-order chi connectivity index (χ1) is 20.4. The van der Waals surface area contributed by atoms with Gasteiger partial charge in [0.15, 0.2) is 0 Å². The van der Waals surface area contributed by atoms with Crippen LogP contribution in [0.2, 0.25) is 0 Å². The maximum atomic E-state index is 12.4. The molecule has 0 saturated heterocycles. The van der Waals surface area contributed by atoms with Crippen molar-refractivity contribution in [2.75, 3.05) is 19.6 Å². The molecule has 0 radical (unpaired) electrons. The Labute approximate surface area is 255 Å². The van der Waals surface area contributed by atoms with Crippen molar-refractivity contribution in [2.24, 2.45) is 5.41 Å². The molecule has 1 unspecified atom stereocenters. The molecule has 0 saturated carbocycles. The van der Waals surface area contributed by atoms with Crippen LogP contribution in [-0.2, 0) is 4.79 Å². The first kappa shape index (κ1) is 36.5. The zero-order chi connectivity index (χ0) is 30.7. The monoisotopic (exact) mass is 574 g/mol. The van der Waals surface area contributed by atoms with E-state index in [0.717, 1.165) is 51.5 Å². The average Bonchev–Trinajstić information content (AvgIpc) is 2.98. The van der Waals surface area contributed by atoms with Gasteiger partial charge in [0.25, 0.3) is 5.91 Å². The van der Waals surface area contributed by atoms with Gasteiger partial charge in [0, 0.05) is 44.5 Å². The zero-order valence-corrected chi connectivity index (χ0v) is 26.4. The van der Waals surface area contributed by atoms with Gasteiger partial charge < -0.3 is 16.0 Å². The molecule has 0 aromatic carbocycles. The lowest BCUT2D eigenvalue weighted by atomic mass is 9.85. The van der Waals surface area contributed by atoms with Gasteiger partial charge in [-0.1, -0.05) is 93.7 Å². The smallest absolute Gasteiger partial charge is 0.252 e. The Hall–Kier alpha value is -3.51. The summed E-state index contributed by atoms with van der Waals surface area (Å²) in [7, 11) is 0. The summed E-state index contributed by atoms with van der Waals surface area (Å²) >= 11 is 0. The van der Waals surface area contributed by atoms with Crippen molar-refractivity contribution < 1.29 is 9.59 Å². The molecule has 0 bridgehead atoms. The first-order valence-corrected chi connectivity index (χ1v) is 15.4. The molecule has 3 N–H and O–H groups in total. The van der Waals surface area contributed by atoms with Gasteiger partial charge in [-0.3, -0.25) is 14.6 Å². The van der Waals surface area contributed by atoms with Gasteiger partial charge in [0.1, 0.15) is 0 Å². The highest BCUT2D eigenvalue weighted by Gasteiger charge is 2.26. The summed E-state index contributed by atoms with van der Waals surface area (Å²) < 4.78 is 0. The molecule has 0 aliphatic rings. The summed E-state index contributed by atoms with van der Waals surface area (Å²) in [6.45, 7) is 10.4. The van der Waals surface area contributed by atoms with Crippen molar-refractivity contribution in [3.63, 3.8) is 0 Å². The van der Waals surface area contributed by atoms with Crippen LogP contribution < -0.4 is 16.0 Å². The predicted octanol–water partition coefficient (Wildman–Crippen LogP) is 7.41. The van der Waals surface area contributed by atoms with Gasteiger partial charge in [0.05, 0.1) is 5.56 Å². The van der Waals surface area contributed by atoms with Gasteiger partial charge in [-0.2, -0.15) is 0 Å². The Morgan fingerprint density at radius 3 is 1.90 bits per heavy atom. The fraction of sp³-hybridized carbons (Fsp3) is 0.472. The Bertz CT molecular complexity index is 1040. The third-order valence-electron chi connectivity index (χ3n) is 6.78. The number of allylic oxidation sites excluding steroid dienone is 12. The molecule has 0 aliphatic carbocycles. The molecule has 6 heteroatoms. The Kier molecular flexibility index (Phi) is 21.0. The van der Waals surface area contributed by atoms with Gasteiger partial charge in [-0.25, -0.2) is 0 Å². The van der Waals surface area contributed by atoms with Crippen LogP contribution in [0.15, 0.2) is 97.4 Å². The summed E-state index contributed by atoms with van der Waals surface area (Å²) in [4.78, 5) is 28.4. The maximum Gasteiger partial charge on any atom is 0.252 e. The molecule has 1 aromatic heterocycles. The first-order valence-electron chi connectivity index (χ1n) is 15.4. The van der Waals surface area contributed by atoms with Crippen molar-refractivity contribution in [3.05, 3.63) is 103 Å². The topological polar surface area (TPSA) is 83.1 Å². The van der Waals surface area contributed by atoms with Crippen LogP contribution in [0, 0.1) is 5.41 Å². The number of pyridine rings is 1. The molecule has 1 rings (SSSR count). The summed E-state index contributed by atoms with van der Waals surface area (Å²) in [6, 6.07) is 3.51. The molecule has 1 aromatic rings. The molecule has 1 heterocycles. The Morgan fingerprint density at radius 2 is 1.38 bits per heavy atom. The van der Waals surface area contributed by atoms with Crippen molar-refractivity contribution in [1.29, 1.82) is 0 Å². The summed E-state index contributed by atoms with van der Waals surface area (Å²) in [5.41, 5.74) is 0.426. The highest BCUT2D eigenvalue weighted by atomic mass is 16.2. The van der Waals surface area contributed by atoms with E-state index in [0.29, 0.717) is 25.1 Å². The van der Waals surface area contributed by atoms with E-state index in [1.165, 1.54) is 0 Å². The van der Waals surface area contributed by atoms with Crippen LogP contribution in [0.25, 0.3) is 0 Å². The highest BCUT2D eigenvalue weighted by molar-refractivity contribution is 5.93. The largest absolute Gasteiger partial charge is 0.353 e. The minimum Gasteiger partial charge on any atom is -0.353 e. The van der Waals surface area contributed by atoms with E-state index in [4.69, 9.17) is 0 Å². The number of hydrogen-bond donors (Lipinski definition) is 3. The number of carbonyl (C=O) groups is 2. The predicted molar refractivity (Wildman–Crippen MR) is 178 cm³/mol. The third kappa shape index (κ3) is 19.5. The van der Waals surface area contributed by atoms with Gasteiger partial charge >= 0.3 is 0 Å². The van der Waals surface area contributed by atoms with E-state index in [1.807, 2.05) is 6.92 Å². The lowest BCUT2D eigenvalue weighted by molar-refractivity contribution is -0.122. The molecule has 6 nitrogen and oxygen atoms in total. The number of carbonyl (C=O) groups excluding carboxylic acids is 2. The van der Waals surface area contributed by atoms with Crippen molar-refractivity contribution in [3.8, 4) is 0 Å². The molecular weight excluding hydrogens is 520 g/mol. The number of nitrogens with zero attached hydrogens (tertiary/aromatic N) is 1.